The lowest BCUT2D eigenvalue weighted by Crippen LogP contribution is -2.17. The molecule has 1 N–H and O–H groups in total. The predicted octanol–water partition coefficient (Wildman–Crippen LogP) is 1.11. The van der Waals surface area contributed by atoms with E-state index in [2.05, 4.69) is 5.10 Å². The molecule has 0 amide bonds. The fraction of sp³-hybridized carbons (Fsp3) is 0.556. The molecule has 15 heavy (non-hydrogen) atoms. The summed E-state index contributed by atoms with van der Waals surface area (Å²) in [4.78, 5) is 11.0. The zero-order valence-electron chi connectivity index (χ0n) is 8.61. The topological polar surface area (TPSA) is 64.3 Å². The number of alkyl halides is 1. The summed E-state index contributed by atoms with van der Waals surface area (Å²) in [6.07, 6.45) is 0.514. The highest BCUT2D eigenvalue weighted by atomic mass is 35.5. The summed E-state index contributed by atoms with van der Waals surface area (Å²) in [5.41, 5.74) is 1.34. The van der Waals surface area contributed by atoms with Crippen molar-refractivity contribution in [3.8, 4) is 0 Å². The van der Waals surface area contributed by atoms with E-state index in [1.807, 2.05) is 0 Å². The molecule has 6 heteroatoms. The Morgan fingerprint density at radius 2 is 2.47 bits per heavy atom. The van der Waals surface area contributed by atoms with Crippen molar-refractivity contribution in [3.05, 3.63) is 17.5 Å². The number of aliphatic carboxylic acids is 1. The number of halogens is 1. The molecule has 0 aliphatic carbocycles. The van der Waals surface area contributed by atoms with Gasteiger partial charge in [-0.15, -0.1) is 11.6 Å². The number of carboxylic acids is 1. The first kappa shape index (κ1) is 12.0. The number of carbonyl (C=O) groups is 1. The minimum Gasteiger partial charge on any atom is -0.479 e. The van der Waals surface area contributed by atoms with Crippen LogP contribution >= 0.6 is 11.6 Å². The van der Waals surface area contributed by atoms with Gasteiger partial charge in [0.1, 0.15) is 0 Å². The summed E-state index contributed by atoms with van der Waals surface area (Å²) < 4.78 is 6.75. The zero-order chi connectivity index (χ0) is 11.4. The van der Waals surface area contributed by atoms with Crippen molar-refractivity contribution in [1.29, 1.82) is 0 Å². The molecule has 1 heterocycles. The summed E-state index contributed by atoms with van der Waals surface area (Å²) in [6, 6.07) is 0. The van der Waals surface area contributed by atoms with E-state index in [0.29, 0.717) is 5.56 Å². The molecule has 84 valence electrons. The number of carboxylic acid groups (broad SMARTS) is 1. The van der Waals surface area contributed by atoms with Gasteiger partial charge in [0.15, 0.2) is 6.10 Å². The standard InChI is InChI=1S/C9H13ClN2O3/c1-6-7(5-11-12(6)2)8(9(13)14)15-4-3-10/h5,8H,3-4H2,1-2H3,(H,13,14). The van der Waals surface area contributed by atoms with Crippen LogP contribution in [0.15, 0.2) is 6.20 Å². The molecule has 1 aromatic rings. The number of aryl methyl sites for hydroxylation is 1. The maximum Gasteiger partial charge on any atom is 0.337 e. The third kappa shape index (κ3) is 2.70. The summed E-state index contributed by atoms with van der Waals surface area (Å²) in [6.45, 7) is 2.00. The molecule has 1 aromatic heterocycles. The molecule has 5 nitrogen and oxygen atoms in total. The second kappa shape index (κ2) is 5.14. The van der Waals surface area contributed by atoms with Crippen molar-refractivity contribution in [2.75, 3.05) is 12.5 Å². The molecule has 0 aromatic carbocycles. The second-order valence-electron chi connectivity index (χ2n) is 3.09. The minimum absolute atomic E-state index is 0.201. The Morgan fingerprint density at radius 3 is 2.87 bits per heavy atom. The van der Waals surface area contributed by atoms with Gasteiger partial charge in [0, 0.05) is 24.2 Å². The van der Waals surface area contributed by atoms with E-state index < -0.39 is 12.1 Å². The van der Waals surface area contributed by atoms with Crippen molar-refractivity contribution in [3.63, 3.8) is 0 Å². The second-order valence-corrected chi connectivity index (χ2v) is 3.46. The molecule has 0 bridgehead atoms. The third-order valence-electron chi connectivity index (χ3n) is 2.14. The molecule has 0 fully saturated rings. The van der Waals surface area contributed by atoms with E-state index in [1.165, 1.54) is 6.20 Å². The van der Waals surface area contributed by atoms with E-state index in [4.69, 9.17) is 21.4 Å². The molecule has 0 aliphatic heterocycles. The lowest BCUT2D eigenvalue weighted by Gasteiger charge is -2.12. The van der Waals surface area contributed by atoms with Crippen molar-refractivity contribution >= 4 is 17.6 Å². The molecular formula is C9H13ClN2O3. The highest BCUT2D eigenvalue weighted by Gasteiger charge is 2.24. The summed E-state index contributed by atoms with van der Waals surface area (Å²) >= 11 is 5.44. The molecule has 1 atom stereocenters. The molecule has 0 radical (unpaired) electrons. The third-order valence-corrected chi connectivity index (χ3v) is 2.30. The van der Waals surface area contributed by atoms with Crippen molar-refractivity contribution in [2.24, 2.45) is 7.05 Å². The van der Waals surface area contributed by atoms with Crippen LogP contribution in [0.3, 0.4) is 0 Å². The monoisotopic (exact) mass is 232 g/mol. The van der Waals surface area contributed by atoms with Crippen LogP contribution in [-0.4, -0.2) is 33.3 Å². The van der Waals surface area contributed by atoms with E-state index in [9.17, 15) is 4.79 Å². The molecule has 0 saturated heterocycles. The van der Waals surface area contributed by atoms with Crippen LogP contribution in [0.2, 0.25) is 0 Å². The Morgan fingerprint density at radius 1 is 1.80 bits per heavy atom. The number of ether oxygens (including phenoxy) is 1. The predicted molar refractivity (Wildman–Crippen MR) is 55.0 cm³/mol. The van der Waals surface area contributed by atoms with Gasteiger partial charge >= 0.3 is 5.97 Å². The van der Waals surface area contributed by atoms with Gasteiger partial charge in [-0.05, 0) is 6.92 Å². The quantitative estimate of drug-likeness (QED) is 0.773. The van der Waals surface area contributed by atoms with Crippen LogP contribution in [0, 0.1) is 6.92 Å². The first-order valence-corrected chi connectivity index (χ1v) is 5.00. The SMILES string of the molecule is Cc1c(C(OCCCl)C(=O)O)cnn1C. The van der Waals surface area contributed by atoms with E-state index in [-0.39, 0.29) is 12.5 Å². The van der Waals surface area contributed by atoms with Crippen LogP contribution in [0.25, 0.3) is 0 Å². The van der Waals surface area contributed by atoms with Crippen LogP contribution in [0.4, 0.5) is 0 Å². The average molecular weight is 233 g/mol. The average Bonchev–Trinajstić information content (AvgIpc) is 2.50. The van der Waals surface area contributed by atoms with E-state index >= 15 is 0 Å². The summed E-state index contributed by atoms with van der Waals surface area (Å²) in [5.74, 6) is -0.764. The van der Waals surface area contributed by atoms with Crippen LogP contribution in [0.5, 0.6) is 0 Å². The van der Waals surface area contributed by atoms with Gasteiger partial charge in [0.05, 0.1) is 12.8 Å². The smallest absolute Gasteiger partial charge is 0.337 e. The van der Waals surface area contributed by atoms with E-state index in [0.717, 1.165) is 5.69 Å². The maximum absolute atomic E-state index is 11.0. The molecular weight excluding hydrogens is 220 g/mol. The first-order valence-electron chi connectivity index (χ1n) is 4.46. The van der Waals surface area contributed by atoms with Gasteiger partial charge in [-0.25, -0.2) is 4.79 Å². The van der Waals surface area contributed by atoms with Crippen molar-refractivity contribution < 1.29 is 14.6 Å². The largest absolute Gasteiger partial charge is 0.479 e. The Hall–Kier alpha value is -1.07. The number of hydrogen-bond donors (Lipinski definition) is 1. The van der Waals surface area contributed by atoms with Gasteiger partial charge in [0.2, 0.25) is 0 Å². The highest BCUT2D eigenvalue weighted by Crippen LogP contribution is 2.20. The molecule has 0 aliphatic rings. The maximum atomic E-state index is 11.0. The Kier molecular flexibility index (Phi) is 4.11. The normalized spacial score (nSPS) is 12.7. The number of rotatable bonds is 5. The molecule has 1 unspecified atom stereocenters. The zero-order valence-corrected chi connectivity index (χ0v) is 9.36. The van der Waals surface area contributed by atoms with Crippen molar-refractivity contribution in [2.45, 2.75) is 13.0 Å². The van der Waals surface area contributed by atoms with E-state index in [1.54, 1.807) is 18.7 Å². The lowest BCUT2D eigenvalue weighted by molar-refractivity contribution is -0.150. The van der Waals surface area contributed by atoms with Gasteiger partial charge in [0.25, 0.3) is 0 Å². The molecule has 1 rings (SSSR count). The molecule has 0 saturated carbocycles. The van der Waals surface area contributed by atoms with Gasteiger partial charge in [-0.3, -0.25) is 4.68 Å². The first-order chi connectivity index (χ1) is 7.07. The lowest BCUT2D eigenvalue weighted by atomic mass is 10.1. The van der Waals surface area contributed by atoms with Gasteiger partial charge in [-0.1, -0.05) is 0 Å². The van der Waals surface area contributed by atoms with Crippen LogP contribution < -0.4 is 0 Å². The highest BCUT2D eigenvalue weighted by molar-refractivity contribution is 6.17. The Balaban J connectivity index is 2.89. The number of hydrogen-bond acceptors (Lipinski definition) is 3. The fourth-order valence-corrected chi connectivity index (χ4v) is 1.32. The van der Waals surface area contributed by atoms with Crippen molar-refractivity contribution in [1.82, 2.24) is 9.78 Å². The van der Waals surface area contributed by atoms with Gasteiger partial charge < -0.3 is 9.84 Å². The molecule has 0 spiro atoms. The fourth-order valence-electron chi connectivity index (χ4n) is 1.23. The number of aromatic nitrogens is 2. The van der Waals surface area contributed by atoms with Crippen LogP contribution in [0.1, 0.15) is 17.4 Å². The van der Waals surface area contributed by atoms with Crippen LogP contribution in [-0.2, 0) is 16.6 Å². The summed E-state index contributed by atoms with van der Waals surface area (Å²) in [5, 5.41) is 12.9. The van der Waals surface area contributed by atoms with Gasteiger partial charge in [-0.2, -0.15) is 5.10 Å². The number of nitrogens with zero attached hydrogens (tertiary/aromatic N) is 2. The minimum atomic E-state index is -1.03. The Labute approximate surface area is 92.6 Å². The summed E-state index contributed by atoms with van der Waals surface area (Å²) in [7, 11) is 1.75. The Bertz CT molecular complexity index is 351.